The minimum Gasteiger partial charge on any atom is -0.396 e. The molecule has 0 spiro atoms. The molecule has 102 valence electrons. The van der Waals surface area contributed by atoms with Crippen LogP contribution in [0, 0.1) is 0 Å². The second-order valence-corrected chi connectivity index (χ2v) is 6.71. The summed E-state index contributed by atoms with van der Waals surface area (Å²) in [5.74, 6) is 3.20. The number of rotatable bonds is 4. The summed E-state index contributed by atoms with van der Waals surface area (Å²) in [6.45, 7) is 4.49. The molecule has 0 aromatic carbocycles. The fourth-order valence-corrected chi connectivity index (χ4v) is 4.20. The van der Waals surface area contributed by atoms with Gasteiger partial charge in [0.25, 0.3) is 0 Å². The number of hydrogen-bond acceptors (Lipinski definition) is 5. The van der Waals surface area contributed by atoms with Crippen LogP contribution >= 0.6 is 23.5 Å². The molecule has 0 aliphatic carbocycles. The van der Waals surface area contributed by atoms with E-state index >= 15 is 0 Å². The molecule has 0 unspecified atom stereocenters. The number of hydrogen-bond donors (Lipinski definition) is 1. The van der Waals surface area contributed by atoms with Gasteiger partial charge >= 0.3 is 0 Å². The summed E-state index contributed by atoms with van der Waals surface area (Å²) in [5, 5.41) is 8.97. The average Bonchev–Trinajstić information content (AvgIpc) is 2.73. The fraction of sp³-hybridized carbons (Fsp3) is 0.750. The second-order valence-electron chi connectivity index (χ2n) is 4.45. The highest BCUT2D eigenvalue weighted by Gasteiger charge is 2.24. The van der Waals surface area contributed by atoms with Gasteiger partial charge in [0, 0.05) is 48.2 Å². The topological polar surface area (TPSA) is 43.8 Å². The van der Waals surface area contributed by atoms with E-state index in [0.29, 0.717) is 13.0 Å². The van der Waals surface area contributed by atoms with Crippen molar-refractivity contribution in [3.63, 3.8) is 0 Å². The Morgan fingerprint density at radius 3 is 2.78 bits per heavy atom. The number of aliphatic hydroxyl groups excluding tert-OH is 1. The van der Waals surface area contributed by atoms with Gasteiger partial charge in [-0.25, -0.2) is 0 Å². The Hall–Kier alpha value is -0.330. The molecule has 0 radical (unpaired) electrons. The van der Waals surface area contributed by atoms with Crippen molar-refractivity contribution >= 4 is 29.4 Å². The van der Waals surface area contributed by atoms with E-state index in [1.807, 2.05) is 23.6 Å². The van der Waals surface area contributed by atoms with Crippen LogP contribution in [0.5, 0.6) is 0 Å². The van der Waals surface area contributed by atoms with Crippen LogP contribution in [-0.4, -0.2) is 64.4 Å². The number of carbonyl (C=O) groups excluding carboxylic acids is 1. The van der Waals surface area contributed by atoms with Crippen LogP contribution < -0.4 is 0 Å². The monoisotopic (exact) mass is 288 g/mol. The molecule has 2 aliphatic rings. The van der Waals surface area contributed by atoms with Crippen molar-refractivity contribution in [2.24, 2.45) is 0 Å². The smallest absolute Gasteiger partial charge is 0.242 e. The summed E-state index contributed by atoms with van der Waals surface area (Å²) >= 11 is 3.66. The normalized spacial score (nSPS) is 20.8. The average molecular weight is 288 g/mol. The first-order chi connectivity index (χ1) is 8.72. The standard InChI is InChI=1S/C12H20N2O2S2/c1-10-11(2-5-15)18-9-14(10)8-12(16)13-3-6-17-7-4-13/h15H,2-9H2,1H3. The van der Waals surface area contributed by atoms with Crippen molar-refractivity contribution < 1.29 is 9.90 Å². The molecular formula is C12H20N2O2S2. The number of carbonyl (C=O) groups is 1. The van der Waals surface area contributed by atoms with Gasteiger partial charge in [0.1, 0.15) is 0 Å². The van der Waals surface area contributed by atoms with E-state index in [2.05, 4.69) is 4.90 Å². The first-order valence-corrected chi connectivity index (χ1v) is 8.40. The van der Waals surface area contributed by atoms with Gasteiger partial charge in [-0.2, -0.15) is 11.8 Å². The number of amides is 1. The highest BCUT2D eigenvalue weighted by Crippen LogP contribution is 2.33. The van der Waals surface area contributed by atoms with Gasteiger partial charge in [0.15, 0.2) is 0 Å². The third-order valence-electron chi connectivity index (χ3n) is 3.30. The van der Waals surface area contributed by atoms with Crippen molar-refractivity contribution in [2.75, 3.05) is 43.6 Å². The SMILES string of the molecule is CC1=C(CCO)SCN1CC(=O)N1CCSCC1. The van der Waals surface area contributed by atoms with Gasteiger partial charge in [0.2, 0.25) is 5.91 Å². The van der Waals surface area contributed by atoms with Crippen LogP contribution in [0.1, 0.15) is 13.3 Å². The quantitative estimate of drug-likeness (QED) is 0.841. The maximum atomic E-state index is 12.2. The number of aliphatic hydroxyl groups is 1. The largest absolute Gasteiger partial charge is 0.396 e. The lowest BCUT2D eigenvalue weighted by molar-refractivity contribution is -0.131. The van der Waals surface area contributed by atoms with Crippen molar-refractivity contribution in [3.8, 4) is 0 Å². The van der Waals surface area contributed by atoms with E-state index < -0.39 is 0 Å². The summed E-state index contributed by atoms with van der Waals surface area (Å²) in [4.78, 5) is 17.5. The minimum atomic E-state index is 0.185. The van der Waals surface area contributed by atoms with Crippen LogP contribution in [0.2, 0.25) is 0 Å². The maximum Gasteiger partial charge on any atom is 0.242 e. The minimum absolute atomic E-state index is 0.185. The molecule has 1 amide bonds. The van der Waals surface area contributed by atoms with E-state index in [9.17, 15) is 4.79 Å². The summed E-state index contributed by atoms with van der Waals surface area (Å²) in [6.07, 6.45) is 0.710. The lowest BCUT2D eigenvalue weighted by Gasteiger charge is -2.29. The van der Waals surface area contributed by atoms with Crippen LogP contribution in [0.25, 0.3) is 0 Å². The predicted octanol–water partition coefficient (Wildman–Crippen LogP) is 1.18. The predicted molar refractivity (Wildman–Crippen MR) is 77.5 cm³/mol. The highest BCUT2D eigenvalue weighted by atomic mass is 32.2. The molecule has 0 aromatic heterocycles. The molecule has 6 heteroatoms. The van der Waals surface area contributed by atoms with Gasteiger partial charge in [-0.3, -0.25) is 4.79 Å². The maximum absolute atomic E-state index is 12.2. The van der Waals surface area contributed by atoms with Crippen LogP contribution in [-0.2, 0) is 4.79 Å². The van der Waals surface area contributed by atoms with E-state index in [0.717, 1.165) is 36.2 Å². The first-order valence-electron chi connectivity index (χ1n) is 6.26. The third kappa shape index (κ3) is 3.36. The lowest BCUT2D eigenvalue weighted by Crippen LogP contribution is -2.43. The molecule has 2 aliphatic heterocycles. The fourth-order valence-electron chi connectivity index (χ4n) is 2.13. The van der Waals surface area contributed by atoms with Crippen LogP contribution in [0.15, 0.2) is 10.6 Å². The number of allylic oxidation sites excluding steroid dienone is 1. The van der Waals surface area contributed by atoms with Crippen molar-refractivity contribution in [1.29, 1.82) is 0 Å². The summed E-state index contributed by atoms with van der Waals surface area (Å²) in [7, 11) is 0. The Labute approximate surface area is 117 Å². The van der Waals surface area contributed by atoms with Gasteiger partial charge in [-0.1, -0.05) is 0 Å². The zero-order valence-electron chi connectivity index (χ0n) is 10.7. The second kappa shape index (κ2) is 6.73. The Kier molecular flexibility index (Phi) is 5.26. The lowest BCUT2D eigenvalue weighted by atomic mass is 10.3. The molecule has 0 bridgehead atoms. The van der Waals surface area contributed by atoms with E-state index in [1.165, 1.54) is 4.91 Å². The molecule has 4 nitrogen and oxygen atoms in total. The highest BCUT2D eigenvalue weighted by molar-refractivity contribution is 8.03. The van der Waals surface area contributed by atoms with Crippen LogP contribution in [0.4, 0.5) is 0 Å². The van der Waals surface area contributed by atoms with Gasteiger partial charge in [0.05, 0.1) is 12.4 Å². The zero-order valence-corrected chi connectivity index (χ0v) is 12.4. The van der Waals surface area contributed by atoms with E-state index in [1.54, 1.807) is 11.8 Å². The van der Waals surface area contributed by atoms with Crippen molar-refractivity contribution in [2.45, 2.75) is 13.3 Å². The van der Waals surface area contributed by atoms with Crippen molar-refractivity contribution in [3.05, 3.63) is 10.6 Å². The van der Waals surface area contributed by atoms with Gasteiger partial charge < -0.3 is 14.9 Å². The molecule has 0 saturated carbocycles. The summed E-state index contributed by atoms with van der Waals surface area (Å²) in [6, 6.07) is 0. The van der Waals surface area contributed by atoms with Gasteiger partial charge in [-0.05, 0) is 6.92 Å². The third-order valence-corrected chi connectivity index (χ3v) is 5.53. The van der Waals surface area contributed by atoms with Gasteiger partial charge in [-0.15, -0.1) is 11.8 Å². The van der Waals surface area contributed by atoms with Crippen molar-refractivity contribution in [1.82, 2.24) is 9.80 Å². The zero-order chi connectivity index (χ0) is 13.0. The number of thioether (sulfide) groups is 2. The molecule has 2 heterocycles. The Bertz CT molecular complexity index is 341. The van der Waals surface area contributed by atoms with Crippen LogP contribution in [0.3, 0.4) is 0 Å². The Balaban J connectivity index is 1.88. The molecule has 2 rings (SSSR count). The van der Waals surface area contributed by atoms with E-state index in [4.69, 9.17) is 5.11 Å². The molecule has 1 N–H and O–H groups in total. The first kappa shape index (κ1) is 14.1. The molecule has 1 fully saturated rings. The molecule has 0 atom stereocenters. The molecule has 1 saturated heterocycles. The Morgan fingerprint density at radius 2 is 2.11 bits per heavy atom. The summed E-state index contributed by atoms with van der Waals surface area (Å²) < 4.78 is 0. The molecule has 18 heavy (non-hydrogen) atoms. The Morgan fingerprint density at radius 1 is 1.39 bits per heavy atom. The molecule has 0 aromatic rings. The molecular weight excluding hydrogens is 268 g/mol. The van der Waals surface area contributed by atoms with E-state index in [-0.39, 0.29) is 12.5 Å². The summed E-state index contributed by atoms with van der Waals surface area (Å²) in [5.41, 5.74) is 1.16. The number of nitrogens with zero attached hydrogens (tertiary/aromatic N) is 2.